The van der Waals surface area contributed by atoms with Crippen molar-refractivity contribution in [1.82, 2.24) is 24.8 Å². The van der Waals surface area contributed by atoms with Crippen LogP contribution in [0.15, 0.2) is 12.3 Å². The molecule has 1 amide bonds. The van der Waals surface area contributed by atoms with Crippen molar-refractivity contribution in [3.63, 3.8) is 0 Å². The van der Waals surface area contributed by atoms with Crippen molar-refractivity contribution >= 4 is 11.6 Å². The van der Waals surface area contributed by atoms with Crippen LogP contribution in [0.5, 0.6) is 0 Å². The molecular weight excluding hydrogens is 302 g/mol. The van der Waals surface area contributed by atoms with Crippen LogP contribution in [0.25, 0.3) is 5.65 Å². The number of aryl methyl sites for hydroxylation is 2. The number of likely N-dealkylation sites (tertiary alicyclic amines) is 1. The summed E-state index contributed by atoms with van der Waals surface area (Å²) in [5, 5.41) is 7.93. The zero-order valence-electron chi connectivity index (χ0n) is 15.0. The Morgan fingerprint density at radius 2 is 1.92 bits per heavy atom. The number of hydrogen-bond acceptors (Lipinski definition) is 4. The molecule has 1 aliphatic heterocycles. The Morgan fingerprint density at radius 3 is 2.62 bits per heavy atom. The van der Waals surface area contributed by atoms with E-state index in [2.05, 4.69) is 22.3 Å². The van der Waals surface area contributed by atoms with Crippen LogP contribution < -0.4 is 5.32 Å². The third kappa shape index (κ3) is 3.29. The van der Waals surface area contributed by atoms with Gasteiger partial charge in [-0.3, -0.25) is 10.1 Å². The summed E-state index contributed by atoms with van der Waals surface area (Å²) in [7, 11) is 0. The minimum absolute atomic E-state index is 0.0372. The number of fused-ring (bicyclic) bond motifs is 1. The predicted molar refractivity (Wildman–Crippen MR) is 93.9 cm³/mol. The molecule has 0 radical (unpaired) electrons. The Labute approximate surface area is 143 Å². The SMILES string of the molecule is Cc1cc2ncc(C(C)N[C@@H](C)C(=O)N3CCCCC3)c(C)n2n1. The molecule has 6 heteroatoms. The van der Waals surface area contributed by atoms with Crippen LogP contribution in [0.2, 0.25) is 0 Å². The minimum atomic E-state index is -0.201. The number of carbonyl (C=O) groups excluding carboxylic acids is 1. The molecule has 6 nitrogen and oxygen atoms in total. The Bertz CT molecular complexity index is 732. The van der Waals surface area contributed by atoms with Gasteiger partial charge >= 0.3 is 0 Å². The first-order valence-electron chi connectivity index (χ1n) is 8.84. The van der Waals surface area contributed by atoms with Crippen molar-refractivity contribution in [2.45, 2.75) is 59.0 Å². The number of nitrogens with one attached hydrogen (secondary N) is 1. The number of hydrogen-bond donors (Lipinski definition) is 1. The summed E-state index contributed by atoms with van der Waals surface area (Å²) in [4.78, 5) is 19.1. The smallest absolute Gasteiger partial charge is 0.239 e. The lowest BCUT2D eigenvalue weighted by atomic mass is 10.1. The first-order valence-corrected chi connectivity index (χ1v) is 8.84. The van der Waals surface area contributed by atoms with Crippen molar-refractivity contribution < 1.29 is 4.79 Å². The summed E-state index contributed by atoms with van der Waals surface area (Å²) in [6, 6.07) is 1.81. The Kier molecular flexibility index (Phi) is 4.85. The van der Waals surface area contributed by atoms with E-state index in [0.29, 0.717) is 0 Å². The topological polar surface area (TPSA) is 62.5 Å². The average Bonchev–Trinajstić information content (AvgIpc) is 2.96. The standard InChI is InChI=1S/C18H27N5O/c1-12-10-17-19-11-16(15(4)23(17)21-12)13(2)20-14(3)18(24)22-8-6-5-7-9-22/h10-11,13-14,20H,5-9H2,1-4H3/t13?,14-/m0/s1. The van der Waals surface area contributed by atoms with E-state index in [0.717, 1.165) is 48.5 Å². The van der Waals surface area contributed by atoms with Crippen LogP contribution in [0.1, 0.15) is 56.1 Å². The highest BCUT2D eigenvalue weighted by Gasteiger charge is 2.24. The lowest BCUT2D eigenvalue weighted by molar-refractivity contribution is -0.134. The van der Waals surface area contributed by atoms with Gasteiger partial charge in [-0.15, -0.1) is 0 Å². The first kappa shape index (κ1) is 16.9. The molecule has 3 rings (SSSR count). The molecule has 1 saturated heterocycles. The zero-order valence-corrected chi connectivity index (χ0v) is 15.0. The number of carbonyl (C=O) groups is 1. The van der Waals surface area contributed by atoms with Crippen LogP contribution >= 0.6 is 0 Å². The normalized spacial score (nSPS) is 17.9. The maximum absolute atomic E-state index is 12.6. The van der Waals surface area contributed by atoms with Gasteiger partial charge in [-0.1, -0.05) is 0 Å². The molecule has 0 spiro atoms. The van der Waals surface area contributed by atoms with Gasteiger partial charge in [-0.2, -0.15) is 5.10 Å². The third-order valence-corrected chi connectivity index (χ3v) is 4.89. The average molecular weight is 329 g/mol. The molecule has 2 aromatic rings. The molecule has 0 bridgehead atoms. The highest BCUT2D eigenvalue weighted by atomic mass is 16.2. The summed E-state index contributed by atoms with van der Waals surface area (Å²) in [5.41, 5.74) is 3.95. The van der Waals surface area contributed by atoms with Gasteiger partial charge in [0.15, 0.2) is 5.65 Å². The van der Waals surface area contributed by atoms with Crippen LogP contribution in [-0.2, 0) is 4.79 Å². The number of nitrogens with zero attached hydrogens (tertiary/aromatic N) is 4. The highest BCUT2D eigenvalue weighted by Crippen LogP contribution is 2.19. The largest absolute Gasteiger partial charge is 0.341 e. The molecule has 24 heavy (non-hydrogen) atoms. The second-order valence-electron chi connectivity index (χ2n) is 6.85. The Balaban J connectivity index is 1.73. The molecule has 1 aliphatic rings. The minimum Gasteiger partial charge on any atom is -0.341 e. The monoisotopic (exact) mass is 329 g/mol. The number of amides is 1. The predicted octanol–water partition coefficient (Wildman–Crippen LogP) is 2.40. The molecular formula is C18H27N5O. The fourth-order valence-corrected chi connectivity index (χ4v) is 3.53. The summed E-state index contributed by atoms with van der Waals surface area (Å²) >= 11 is 0. The summed E-state index contributed by atoms with van der Waals surface area (Å²) in [6.45, 7) is 9.82. The Hall–Kier alpha value is -1.95. The molecule has 1 unspecified atom stereocenters. The lowest BCUT2D eigenvalue weighted by Crippen LogP contribution is -2.47. The zero-order chi connectivity index (χ0) is 17.3. The van der Waals surface area contributed by atoms with E-state index in [1.807, 2.05) is 42.4 Å². The number of aromatic nitrogens is 3. The highest BCUT2D eigenvalue weighted by molar-refractivity contribution is 5.81. The second kappa shape index (κ2) is 6.89. The molecule has 1 fully saturated rings. The maximum atomic E-state index is 12.6. The van der Waals surface area contributed by atoms with E-state index in [1.54, 1.807) is 0 Å². The molecule has 0 saturated carbocycles. The van der Waals surface area contributed by atoms with Gasteiger partial charge in [-0.05, 0) is 47.0 Å². The molecule has 130 valence electrons. The van der Waals surface area contributed by atoms with Gasteiger partial charge in [0.1, 0.15) is 0 Å². The summed E-state index contributed by atoms with van der Waals surface area (Å²) in [6.07, 6.45) is 5.36. The van der Waals surface area contributed by atoms with E-state index in [9.17, 15) is 4.79 Å². The van der Waals surface area contributed by atoms with Gasteiger partial charge in [0.2, 0.25) is 5.91 Å². The van der Waals surface area contributed by atoms with Gasteiger partial charge in [-0.25, -0.2) is 9.50 Å². The van der Waals surface area contributed by atoms with Crippen molar-refractivity contribution in [2.75, 3.05) is 13.1 Å². The van der Waals surface area contributed by atoms with Crippen molar-refractivity contribution in [1.29, 1.82) is 0 Å². The van der Waals surface area contributed by atoms with Gasteiger partial charge in [0.25, 0.3) is 0 Å². The van der Waals surface area contributed by atoms with Gasteiger partial charge in [0.05, 0.1) is 11.7 Å². The van der Waals surface area contributed by atoms with E-state index < -0.39 is 0 Å². The van der Waals surface area contributed by atoms with Crippen molar-refractivity contribution in [3.05, 3.63) is 29.2 Å². The van der Waals surface area contributed by atoms with E-state index in [1.165, 1.54) is 6.42 Å². The maximum Gasteiger partial charge on any atom is 0.239 e. The van der Waals surface area contributed by atoms with E-state index in [4.69, 9.17) is 0 Å². The van der Waals surface area contributed by atoms with Crippen molar-refractivity contribution in [3.8, 4) is 0 Å². The quantitative estimate of drug-likeness (QED) is 0.935. The fraction of sp³-hybridized carbons (Fsp3) is 0.611. The molecule has 3 heterocycles. The molecule has 1 N–H and O–H groups in total. The third-order valence-electron chi connectivity index (χ3n) is 4.89. The van der Waals surface area contributed by atoms with Crippen LogP contribution in [0, 0.1) is 13.8 Å². The van der Waals surface area contributed by atoms with E-state index in [-0.39, 0.29) is 18.0 Å². The molecule has 0 aliphatic carbocycles. The number of rotatable bonds is 4. The van der Waals surface area contributed by atoms with Crippen molar-refractivity contribution in [2.24, 2.45) is 0 Å². The summed E-state index contributed by atoms with van der Waals surface area (Å²) < 4.78 is 1.87. The Morgan fingerprint density at radius 1 is 1.21 bits per heavy atom. The van der Waals surface area contributed by atoms with E-state index >= 15 is 0 Å². The molecule has 2 aromatic heterocycles. The molecule has 0 aromatic carbocycles. The van der Waals surface area contributed by atoms with Gasteiger partial charge in [0, 0.05) is 42.7 Å². The molecule has 2 atom stereocenters. The van der Waals surface area contributed by atoms with Crippen LogP contribution in [-0.4, -0.2) is 44.5 Å². The number of piperidine rings is 1. The fourth-order valence-electron chi connectivity index (χ4n) is 3.53. The van der Waals surface area contributed by atoms with Crippen LogP contribution in [0.3, 0.4) is 0 Å². The van der Waals surface area contributed by atoms with Gasteiger partial charge < -0.3 is 4.90 Å². The summed E-state index contributed by atoms with van der Waals surface area (Å²) in [5.74, 6) is 0.197. The lowest BCUT2D eigenvalue weighted by Gasteiger charge is -2.30. The van der Waals surface area contributed by atoms with Crippen LogP contribution in [0.4, 0.5) is 0 Å². The first-order chi connectivity index (χ1) is 11.5. The second-order valence-corrected chi connectivity index (χ2v) is 6.85.